The average Bonchev–Trinajstić information content (AvgIpc) is 3.29. The number of nitrogens with zero attached hydrogens (tertiary/aromatic N) is 3. The highest BCUT2D eigenvalue weighted by molar-refractivity contribution is 6.07. The van der Waals surface area contributed by atoms with Crippen LogP contribution in [0.25, 0.3) is 0 Å². The predicted octanol–water partition coefficient (Wildman–Crippen LogP) is 3.64. The van der Waals surface area contributed by atoms with E-state index in [9.17, 15) is 9.59 Å². The Morgan fingerprint density at radius 1 is 1.10 bits per heavy atom. The Balaban J connectivity index is 1.64. The largest absolute Gasteiger partial charge is 0.360 e. The van der Waals surface area contributed by atoms with Crippen molar-refractivity contribution in [3.8, 4) is 0 Å². The van der Waals surface area contributed by atoms with Crippen LogP contribution < -0.4 is 10.6 Å². The highest BCUT2D eigenvalue weighted by atomic mass is 16.5. The molecule has 0 bridgehead atoms. The molecular formula is C21H23N5O3. The summed E-state index contributed by atoms with van der Waals surface area (Å²) in [6.45, 7) is 6.36. The van der Waals surface area contributed by atoms with Crippen molar-refractivity contribution in [3.05, 3.63) is 58.4 Å². The van der Waals surface area contributed by atoms with Crippen molar-refractivity contribution in [2.75, 3.05) is 10.6 Å². The maximum absolute atomic E-state index is 13.0. The van der Waals surface area contributed by atoms with Crippen LogP contribution in [-0.4, -0.2) is 26.5 Å². The van der Waals surface area contributed by atoms with Crippen LogP contribution in [0, 0.1) is 20.8 Å². The van der Waals surface area contributed by atoms with Crippen molar-refractivity contribution >= 4 is 23.3 Å². The van der Waals surface area contributed by atoms with Gasteiger partial charge < -0.3 is 19.7 Å². The lowest BCUT2D eigenvalue weighted by Crippen LogP contribution is -2.21. The third-order valence-electron chi connectivity index (χ3n) is 5.26. The number of benzene rings is 1. The van der Waals surface area contributed by atoms with E-state index in [1.807, 2.05) is 36.6 Å². The topological polar surface area (TPSA) is 102 Å². The molecule has 1 aliphatic rings. The van der Waals surface area contributed by atoms with Crippen LogP contribution in [-0.2, 0) is 13.0 Å². The Labute approximate surface area is 168 Å². The quantitative estimate of drug-likeness (QED) is 0.705. The van der Waals surface area contributed by atoms with Crippen molar-refractivity contribution in [2.45, 2.75) is 46.6 Å². The fourth-order valence-electron chi connectivity index (χ4n) is 3.56. The molecule has 1 aliphatic heterocycles. The van der Waals surface area contributed by atoms with E-state index >= 15 is 0 Å². The Hall–Kier alpha value is -3.42. The summed E-state index contributed by atoms with van der Waals surface area (Å²) in [7, 11) is 0. The molecule has 8 nitrogen and oxygen atoms in total. The molecule has 0 radical (unpaired) electrons. The van der Waals surface area contributed by atoms with Gasteiger partial charge in [0.25, 0.3) is 11.8 Å². The second kappa shape index (κ2) is 7.54. The number of aryl methyl sites for hydroxylation is 2. The molecule has 150 valence electrons. The summed E-state index contributed by atoms with van der Waals surface area (Å²) in [5, 5.41) is 9.42. The maximum Gasteiger partial charge on any atom is 0.292 e. The monoisotopic (exact) mass is 393 g/mol. The molecule has 4 rings (SSSR count). The van der Waals surface area contributed by atoms with Gasteiger partial charge in [0.15, 0.2) is 17.3 Å². The molecule has 0 saturated carbocycles. The molecule has 29 heavy (non-hydrogen) atoms. The molecule has 2 N–H and O–H groups in total. The second-order valence-corrected chi connectivity index (χ2v) is 7.32. The molecule has 3 heterocycles. The van der Waals surface area contributed by atoms with Gasteiger partial charge in [-0.25, -0.2) is 4.98 Å². The first kappa shape index (κ1) is 18.9. The fraction of sp³-hybridized carbons (Fsp3) is 0.333. The SMILES string of the molecule is Cc1cc(NC(=O)c2nc(C(=O)Nc3cccc(C)c3C)c3n2CCCC3)no1. The van der Waals surface area contributed by atoms with Gasteiger partial charge in [-0.05, 0) is 57.2 Å². The number of anilines is 2. The lowest BCUT2D eigenvalue weighted by molar-refractivity contribution is 0.101. The number of rotatable bonds is 4. The summed E-state index contributed by atoms with van der Waals surface area (Å²) in [4.78, 5) is 30.2. The molecule has 2 aromatic heterocycles. The smallest absolute Gasteiger partial charge is 0.292 e. The van der Waals surface area contributed by atoms with Gasteiger partial charge in [-0.2, -0.15) is 0 Å². The molecule has 1 aromatic carbocycles. The number of hydrogen-bond acceptors (Lipinski definition) is 5. The summed E-state index contributed by atoms with van der Waals surface area (Å²) < 4.78 is 6.83. The van der Waals surface area contributed by atoms with Gasteiger partial charge in [-0.15, -0.1) is 0 Å². The Kier molecular flexibility index (Phi) is 4.92. The van der Waals surface area contributed by atoms with Crippen LogP contribution in [0.3, 0.4) is 0 Å². The molecule has 8 heteroatoms. The molecular weight excluding hydrogens is 370 g/mol. The van der Waals surface area contributed by atoms with Gasteiger partial charge in [0.2, 0.25) is 0 Å². The summed E-state index contributed by atoms with van der Waals surface area (Å²) in [5.74, 6) is 0.417. The molecule has 0 unspecified atom stereocenters. The van der Waals surface area contributed by atoms with Crippen molar-refractivity contribution in [3.63, 3.8) is 0 Å². The van der Waals surface area contributed by atoms with E-state index in [1.54, 1.807) is 13.0 Å². The highest BCUT2D eigenvalue weighted by Crippen LogP contribution is 2.24. The van der Waals surface area contributed by atoms with Crippen LogP contribution in [0.1, 0.15) is 56.5 Å². The zero-order valence-corrected chi connectivity index (χ0v) is 16.7. The zero-order chi connectivity index (χ0) is 20.5. The van der Waals surface area contributed by atoms with E-state index in [1.165, 1.54) is 0 Å². The number of carbonyl (C=O) groups excluding carboxylic acids is 2. The van der Waals surface area contributed by atoms with Crippen LogP contribution >= 0.6 is 0 Å². The highest BCUT2D eigenvalue weighted by Gasteiger charge is 2.28. The molecule has 0 saturated heterocycles. The minimum absolute atomic E-state index is 0.214. The van der Waals surface area contributed by atoms with E-state index < -0.39 is 5.91 Å². The van der Waals surface area contributed by atoms with Gasteiger partial charge >= 0.3 is 0 Å². The van der Waals surface area contributed by atoms with Crippen LogP contribution in [0.5, 0.6) is 0 Å². The van der Waals surface area contributed by atoms with Crippen molar-refractivity contribution < 1.29 is 14.1 Å². The van der Waals surface area contributed by atoms with E-state index in [0.29, 0.717) is 30.2 Å². The van der Waals surface area contributed by atoms with Crippen molar-refractivity contribution in [1.82, 2.24) is 14.7 Å². The first-order chi connectivity index (χ1) is 13.9. The second-order valence-electron chi connectivity index (χ2n) is 7.32. The summed E-state index contributed by atoms with van der Waals surface area (Å²) >= 11 is 0. The lowest BCUT2D eigenvalue weighted by Gasteiger charge is -2.17. The van der Waals surface area contributed by atoms with E-state index in [2.05, 4.69) is 20.8 Å². The molecule has 0 fully saturated rings. The van der Waals surface area contributed by atoms with Crippen molar-refractivity contribution in [1.29, 1.82) is 0 Å². The van der Waals surface area contributed by atoms with E-state index in [0.717, 1.165) is 35.3 Å². The maximum atomic E-state index is 13.0. The predicted molar refractivity (Wildman–Crippen MR) is 108 cm³/mol. The average molecular weight is 393 g/mol. The number of fused-ring (bicyclic) bond motifs is 1. The molecule has 3 aromatic rings. The third-order valence-corrected chi connectivity index (χ3v) is 5.26. The Bertz CT molecular complexity index is 1100. The van der Waals surface area contributed by atoms with Crippen LogP contribution in [0.15, 0.2) is 28.8 Å². The van der Waals surface area contributed by atoms with Gasteiger partial charge in [-0.3, -0.25) is 9.59 Å². The third kappa shape index (κ3) is 3.65. The number of amides is 2. The van der Waals surface area contributed by atoms with Gasteiger partial charge in [-0.1, -0.05) is 17.3 Å². The molecule has 2 amide bonds. The number of nitrogens with one attached hydrogen (secondary N) is 2. The fourth-order valence-corrected chi connectivity index (χ4v) is 3.56. The number of carbonyl (C=O) groups is 2. The molecule has 0 spiro atoms. The Morgan fingerprint density at radius 3 is 2.69 bits per heavy atom. The lowest BCUT2D eigenvalue weighted by atomic mass is 10.1. The van der Waals surface area contributed by atoms with Crippen LogP contribution in [0.2, 0.25) is 0 Å². The number of aromatic nitrogens is 3. The normalized spacial score (nSPS) is 13.1. The van der Waals surface area contributed by atoms with E-state index in [-0.39, 0.29) is 11.7 Å². The van der Waals surface area contributed by atoms with Crippen LogP contribution in [0.4, 0.5) is 11.5 Å². The molecule has 0 atom stereocenters. The van der Waals surface area contributed by atoms with E-state index in [4.69, 9.17) is 4.52 Å². The first-order valence-electron chi connectivity index (χ1n) is 9.65. The molecule has 0 aliphatic carbocycles. The van der Waals surface area contributed by atoms with Gasteiger partial charge in [0, 0.05) is 18.3 Å². The minimum atomic E-state index is -0.410. The number of imidazole rings is 1. The minimum Gasteiger partial charge on any atom is -0.360 e. The van der Waals surface area contributed by atoms with Gasteiger partial charge in [0.05, 0.1) is 5.69 Å². The summed E-state index contributed by atoms with van der Waals surface area (Å²) in [5.41, 5.74) is 3.94. The first-order valence-corrected chi connectivity index (χ1v) is 9.65. The number of hydrogen-bond donors (Lipinski definition) is 2. The summed E-state index contributed by atoms with van der Waals surface area (Å²) in [6, 6.07) is 7.40. The Morgan fingerprint density at radius 2 is 1.93 bits per heavy atom. The van der Waals surface area contributed by atoms with Crippen molar-refractivity contribution in [2.24, 2.45) is 0 Å². The zero-order valence-electron chi connectivity index (χ0n) is 16.7. The standard InChI is InChI=1S/C21H23N5O3/c1-12-7-6-8-15(14(12)3)22-20(27)18-16-9-4-5-10-26(16)19(24-18)21(28)23-17-11-13(2)29-25-17/h6-8,11H,4-5,9-10H2,1-3H3,(H,22,27)(H,23,25,28). The summed E-state index contributed by atoms with van der Waals surface area (Å²) in [6.07, 6.45) is 2.60. The van der Waals surface area contributed by atoms with Gasteiger partial charge in [0.1, 0.15) is 5.76 Å².